The van der Waals surface area contributed by atoms with Crippen molar-refractivity contribution in [3.05, 3.63) is 23.8 Å². The standard InChI is InChI=1S/C12H15F3O4/c1-17-10-4-3-8(5-11(10)18-2)9(16)6-19-7-12(13,14)15/h3-5,9,16H,6-7H2,1-2H3. The molecule has 0 spiro atoms. The SMILES string of the molecule is COc1ccc(C(O)COCC(F)(F)F)cc1OC. The normalized spacial score (nSPS) is 13.2. The summed E-state index contributed by atoms with van der Waals surface area (Å²) >= 11 is 0. The molecular weight excluding hydrogens is 265 g/mol. The molecule has 1 N–H and O–H groups in total. The van der Waals surface area contributed by atoms with Gasteiger partial charge in [0.25, 0.3) is 0 Å². The number of rotatable bonds is 6. The molecule has 108 valence electrons. The van der Waals surface area contributed by atoms with Gasteiger partial charge < -0.3 is 19.3 Å². The van der Waals surface area contributed by atoms with Crippen molar-refractivity contribution in [1.29, 1.82) is 0 Å². The third-order valence-corrected chi connectivity index (χ3v) is 2.33. The van der Waals surface area contributed by atoms with Gasteiger partial charge in [0, 0.05) is 0 Å². The largest absolute Gasteiger partial charge is 0.493 e. The molecule has 1 atom stereocenters. The van der Waals surface area contributed by atoms with Crippen molar-refractivity contribution in [3.8, 4) is 11.5 Å². The van der Waals surface area contributed by atoms with Crippen molar-refractivity contribution in [2.45, 2.75) is 12.3 Å². The van der Waals surface area contributed by atoms with E-state index in [1.165, 1.54) is 26.4 Å². The van der Waals surface area contributed by atoms with Gasteiger partial charge >= 0.3 is 6.18 Å². The van der Waals surface area contributed by atoms with Gasteiger partial charge in [-0.15, -0.1) is 0 Å². The number of alkyl halides is 3. The Kier molecular flexibility index (Phi) is 5.44. The summed E-state index contributed by atoms with van der Waals surface area (Å²) in [7, 11) is 2.88. The van der Waals surface area contributed by atoms with Crippen molar-refractivity contribution in [3.63, 3.8) is 0 Å². The van der Waals surface area contributed by atoms with Gasteiger partial charge in [-0.3, -0.25) is 0 Å². The van der Waals surface area contributed by atoms with Crippen LogP contribution in [0.15, 0.2) is 18.2 Å². The third-order valence-electron chi connectivity index (χ3n) is 2.33. The molecule has 0 aliphatic heterocycles. The molecule has 0 aliphatic rings. The average molecular weight is 280 g/mol. The zero-order chi connectivity index (χ0) is 14.5. The Labute approximate surface area is 108 Å². The fourth-order valence-electron chi connectivity index (χ4n) is 1.44. The number of ether oxygens (including phenoxy) is 3. The molecule has 0 radical (unpaired) electrons. The van der Waals surface area contributed by atoms with Crippen molar-refractivity contribution in [2.24, 2.45) is 0 Å². The predicted molar refractivity (Wildman–Crippen MR) is 61.4 cm³/mol. The van der Waals surface area contributed by atoms with Crippen LogP contribution in [0, 0.1) is 0 Å². The third kappa shape index (κ3) is 4.96. The van der Waals surface area contributed by atoms with Crippen LogP contribution in [0.4, 0.5) is 13.2 Å². The lowest BCUT2D eigenvalue weighted by molar-refractivity contribution is -0.179. The molecule has 1 aromatic carbocycles. The maximum atomic E-state index is 11.9. The number of halogens is 3. The molecule has 4 nitrogen and oxygen atoms in total. The van der Waals surface area contributed by atoms with Crippen molar-refractivity contribution in [1.82, 2.24) is 0 Å². The van der Waals surface area contributed by atoms with Crippen LogP contribution in [0.5, 0.6) is 11.5 Å². The van der Waals surface area contributed by atoms with Gasteiger partial charge in [0.15, 0.2) is 11.5 Å². The van der Waals surface area contributed by atoms with Gasteiger partial charge in [0.2, 0.25) is 0 Å². The van der Waals surface area contributed by atoms with Crippen LogP contribution in [0.3, 0.4) is 0 Å². The molecule has 0 heterocycles. The van der Waals surface area contributed by atoms with Crippen LogP contribution < -0.4 is 9.47 Å². The van der Waals surface area contributed by atoms with Crippen LogP contribution in [0.2, 0.25) is 0 Å². The first kappa shape index (κ1) is 15.6. The van der Waals surface area contributed by atoms with Crippen molar-refractivity contribution >= 4 is 0 Å². The Balaban J connectivity index is 2.64. The number of methoxy groups -OCH3 is 2. The van der Waals surface area contributed by atoms with Gasteiger partial charge in [-0.05, 0) is 17.7 Å². The topological polar surface area (TPSA) is 47.9 Å². The highest BCUT2D eigenvalue weighted by atomic mass is 19.4. The molecule has 7 heteroatoms. The summed E-state index contributed by atoms with van der Waals surface area (Å²) in [4.78, 5) is 0. The summed E-state index contributed by atoms with van der Waals surface area (Å²) < 4.78 is 50.1. The van der Waals surface area contributed by atoms with Crippen LogP contribution in [0.1, 0.15) is 11.7 Å². The lowest BCUT2D eigenvalue weighted by atomic mass is 10.1. The van der Waals surface area contributed by atoms with E-state index >= 15 is 0 Å². The number of hydrogen-bond donors (Lipinski definition) is 1. The van der Waals surface area contributed by atoms with E-state index in [0.717, 1.165) is 0 Å². The number of aliphatic hydroxyl groups is 1. The minimum absolute atomic E-state index is 0.384. The maximum Gasteiger partial charge on any atom is 0.411 e. The van der Waals surface area contributed by atoms with E-state index in [4.69, 9.17) is 9.47 Å². The number of hydrogen-bond acceptors (Lipinski definition) is 4. The van der Waals surface area contributed by atoms with Gasteiger partial charge in [-0.25, -0.2) is 0 Å². The molecule has 0 bridgehead atoms. The Morgan fingerprint density at radius 3 is 2.32 bits per heavy atom. The predicted octanol–water partition coefficient (Wildman–Crippen LogP) is 2.32. The highest BCUT2D eigenvalue weighted by molar-refractivity contribution is 5.43. The highest BCUT2D eigenvalue weighted by Gasteiger charge is 2.28. The fraction of sp³-hybridized carbons (Fsp3) is 0.500. The second-order valence-electron chi connectivity index (χ2n) is 3.76. The molecule has 1 aromatic rings. The highest BCUT2D eigenvalue weighted by Crippen LogP contribution is 2.30. The zero-order valence-corrected chi connectivity index (χ0v) is 10.5. The molecule has 0 amide bonds. The average Bonchev–Trinajstić information content (AvgIpc) is 2.36. The van der Waals surface area contributed by atoms with E-state index in [1.807, 2.05) is 0 Å². The number of benzene rings is 1. The van der Waals surface area contributed by atoms with E-state index in [9.17, 15) is 18.3 Å². The minimum Gasteiger partial charge on any atom is -0.493 e. The minimum atomic E-state index is -4.41. The first-order chi connectivity index (χ1) is 8.87. The van der Waals surface area contributed by atoms with Gasteiger partial charge in [-0.1, -0.05) is 6.07 Å². The Morgan fingerprint density at radius 1 is 1.16 bits per heavy atom. The second kappa shape index (κ2) is 6.63. The maximum absolute atomic E-state index is 11.9. The summed E-state index contributed by atoms with van der Waals surface area (Å²) in [5.41, 5.74) is 0.389. The van der Waals surface area contributed by atoms with E-state index in [2.05, 4.69) is 4.74 Å². The lowest BCUT2D eigenvalue weighted by Crippen LogP contribution is -2.19. The van der Waals surface area contributed by atoms with E-state index in [-0.39, 0.29) is 0 Å². The van der Waals surface area contributed by atoms with Crippen LogP contribution in [-0.2, 0) is 4.74 Å². The Hall–Kier alpha value is -1.47. The summed E-state index contributed by atoms with van der Waals surface area (Å²) in [6, 6.07) is 4.57. The molecule has 0 fully saturated rings. The van der Waals surface area contributed by atoms with E-state index in [0.29, 0.717) is 17.1 Å². The monoisotopic (exact) mass is 280 g/mol. The smallest absolute Gasteiger partial charge is 0.411 e. The number of aliphatic hydroxyl groups excluding tert-OH is 1. The first-order valence-corrected chi connectivity index (χ1v) is 5.42. The van der Waals surface area contributed by atoms with Crippen LogP contribution in [0.25, 0.3) is 0 Å². The molecule has 0 saturated carbocycles. The molecular formula is C12H15F3O4. The lowest BCUT2D eigenvalue weighted by Gasteiger charge is -2.15. The van der Waals surface area contributed by atoms with Crippen molar-refractivity contribution < 1.29 is 32.5 Å². The van der Waals surface area contributed by atoms with Crippen LogP contribution >= 0.6 is 0 Å². The zero-order valence-electron chi connectivity index (χ0n) is 10.5. The molecule has 0 aliphatic carbocycles. The van der Waals surface area contributed by atoms with Gasteiger partial charge in [-0.2, -0.15) is 13.2 Å². The second-order valence-corrected chi connectivity index (χ2v) is 3.76. The summed E-state index contributed by atoms with van der Waals surface area (Å²) in [6.07, 6.45) is -5.57. The summed E-state index contributed by atoms with van der Waals surface area (Å²) in [5, 5.41) is 9.71. The molecule has 19 heavy (non-hydrogen) atoms. The van der Waals surface area contributed by atoms with Crippen LogP contribution in [-0.4, -0.2) is 38.7 Å². The molecule has 1 rings (SSSR count). The first-order valence-electron chi connectivity index (χ1n) is 5.42. The Bertz CT molecular complexity index is 406. The fourth-order valence-corrected chi connectivity index (χ4v) is 1.44. The summed E-state index contributed by atoms with van der Waals surface area (Å²) in [6.45, 7) is -1.84. The summed E-state index contributed by atoms with van der Waals surface area (Å²) in [5.74, 6) is 0.851. The van der Waals surface area contributed by atoms with E-state index in [1.54, 1.807) is 6.07 Å². The Morgan fingerprint density at radius 2 is 1.79 bits per heavy atom. The van der Waals surface area contributed by atoms with Crippen molar-refractivity contribution in [2.75, 3.05) is 27.4 Å². The molecule has 1 unspecified atom stereocenters. The van der Waals surface area contributed by atoms with E-state index < -0.39 is 25.5 Å². The molecule has 0 aromatic heterocycles. The van der Waals surface area contributed by atoms with Gasteiger partial charge in [0.05, 0.1) is 20.8 Å². The van der Waals surface area contributed by atoms with Gasteiger partial charge in [0.1, 0.15) is 12.7 Å². The quantitative estimate of drug-likeness (QED) is 0.868. The molecule has 0 saturated heterocycles.